The summed E-state index contributed by atoms with van der Waals surface area (Å²) in [6.45, 7) is 0. The van der Waals surface area contributed by atoms with Crippen molar-refractivity contribution in [3.63, 3.8) is 0 Å². The van der Waals surface area contributed by atoms with Crippen molar-refractivity contribution < 1.29 is 13.2 Å². The summed E-state index contributed by atoms with van der Waals surface area (Å²) in [7, 11) is -3.72. The van der Waals surface area contributed by atoms with E-state index in [4.69, 9.17) is 4.74 Å². The second-order valence-electron chi connectivity index (χ2n) is 5.30. The average Bonchev–Trinajstić information content (AvgIpc) is 3.15. The van der Waals surface area contributed by atoms with Crippen LogP contribution in [0.1, 0.15) is 0 Å². The Morgan fingerprint density at radius 3 is 2.58 bits per heavy atom. The van der Waals surface area contributed by atoms with Crippen LogP contribution in [-0.4, -0.2) is 22.1 Å². The molecule has 7 nitrogen and oxygen atoms in total. The van der Waals surface area contributed by atoms with Gasteiger partial charge in [-0.25, -0.2) is 8.42 Å². The van der Waals surface area contributed by atoms with Crippen molar-refractivity contribution in [1.29, 1.82) is 0 Å². The van der Waals surface area contributed by atoms with E-state index in [1.165, 1.54) is 18.3 Å². The molecule has 4 rings (SSSR count). The molecule has 0 radical (unpaired) electrons. The fourth-order valence-electron chi connectivity index (χ4n) is 2.38. The number of nitrogens with zero attached hydrogens (tertiary/aromatic N) is 3. The molecule has 0 fully saturated rings. The van der Waals surface area contributed by atoms with Gasteiger partial charge in [0.1, 0.15) is 11.3 Å². The monoisotopic (exact) mass is 384 g/mol. The molecular weight excluding hydrogens is 372 g/mol. The number of para-hydroxylation sites is 1. The number of pyridine rings is 1. The topological polar surface area (TPSA) is 94.1 Å². The smallest absolute Gasteiger partial charge is 0.263 e. The zero-order valence-corrected chi connectivity index (χ0v) is 14.9. The van der Waals surface area contributed by atoms with Crippen molar-refractivity contribution in [2.24, 2.45) is 0 Å². The minimum absolute atomic E-state index is 0.105. The van der Waals surface area contributed by atoms with Crippen LogP contribution in [0.25, 0.3) is 10.9 Å². The first-order valence-corrected chi connectivity index (χ1v) is 9.75. The van der Waals surface area contributed by atoms with Crippen LogP contribution >= 0.6 is 11.7 Å². The summed E-state index contributed by atoms with van der Waals surface area (Å²) < 4.78 is 40.5. The Kier molecular flexibility index (Phi) is 4.23. The molecule has 0 bridgehead atoms. The number of ether oxygens (including phenoxy) is 1. The third-order valence-electron chi connectivity index (χ3n) is 3.56. The van der Waals surface area contributed by atoms with Crippen molar-refractivity contribution in [3.05, 3.63) is 67.0 Å². The Bertz CT molecular complexity index is 1140. The summed E-state index contributed by atoms with van der Waals surface area (Å²) >= 11 is 0.927. The van der Waals surface area contributed by atoms with E-state index in [-0.39, 0.29) is 10.7 Å². The molecule has 0 amide bonds. The summed E-state index contributed by atoms with van der Waals surface area (Å²) in [6, 6.07) is 15.6. The number of sulfonamides is 1. The highest BCUT2D eigenvalue weighted by Crippen LogP contribution is 2.29. The lowest BCUT2D eigenvalue weighted by atomic mass is 10.2. The van der Waals surface area contributed by atoms with Gasteiger partial charge in [-0.1, -0.05) is 18.2 Å². The Balaban J connectivity index is 1.58. The SMILES string of the molecule is O=S(=O)(Nc1cnsn1)c1ccc(Oc2cccc3cccnc23)cc1. The second-order valence-corrected chi connectivity index (χ2v) is 7.54. The normalized spacial score (nSPS) is 11.4. The van der Waals surface area contributed by atoms with E-state index in [0.717, 1.165) is 22.6 Å². The number of hydrogen-bond donors (Lipinski definition) is 1. The van der Waals surface area contributed by atoms with Gasteiger partial charge < -0.3 is 4.74 Å². The molecule has 26 heavy (non-hydrogen) atoms. The van der Waals surface area contributed by atoms with Crippen LogP contribution in [0.5, 0.6) is 11.5 Å². The zero-order valence-electron chi connectivity index (χ0n) is 13.2. The second kappa shape index (κ2) is 6.70. The van der Waals surface area contributed by atoms with Crippen molar-refractivity contribution in [3.8, 4) is 11.5 Å². The number of aromatic nitrogens is 3. The highest BCUT2D eigenvalue weighted by molar-refractivity contribution is 7.92. The van der Waals surface area contributed by atoms with Gasteiger partial charge in [0.2, 0.25) is 0 Å². The number of benzene rings is 2. The number of anilines is 1. The van der Waals surface area contributed by atoms with E-state index in [9.17, 15) is 8.42 Å². The van der Waals surface area contributed by atoms with Crippen molar-refractivity contribution in [1.82, 2.24) is 13.7 Å². The van der Waals surface area contributed by atoms with Crippen LogP contribution in [0, 0.1) is 0 Å². The van der Waals surface area contributed by atoms with E-state index in [1.807, 2.05) is 30.3 Å². The predicted octanol–water partition coefficient (Wildman–Crippen LogP) is 3.68. The van der Waals surface area contributed by atoms with Gasteiger partial charge in [0, 0.05) is 11.6 Å². The predicted molar refractivity (Wildman–Crippen MR) is 99.0 cm³/mol. The molecule has 2 aromatic heterocycles. The minimum Gasteiger partial charge on any atom is -0.455 e. The number of nitrogens with one attached hydrogen (secondary N) is 1. The van der Waals surface area contributed by atoms with Gasteiger partial charge in [-0.3, -0.25) is 9.71 Å². The first kappa shape index (κ1) is 16.4. The molecule has 0 aliphatic carbocycles. The molecule has 9 heteroatoms. The molecule has 0 unspecified atom stereocenters. The van der Waals surface area contributed by atoms with E-state index in [1.54, 1.807) is 18.3 Å². The molecular formula is C17H12N4O3S2. The summed E-state index contributed by atoms with van der Waals surface area (Å²) in [5.41, 5.74) is 0.740. The van der Waals surface area contributed by atoms with Gasteiger partial charge in [0.15, 0.2) is 11.6 Å². The summed E-state index contributed by atoms with van der Waals surface area (Å²) in [5, 5.41) is 0.963. The zero-order chi connectivity index (χ0) is 18.0. The molecule has 2 heterocycles. The van der Waals surface area contributed by atoms with Gasteiger partial charge in [-0.15, -0.1) is 0 Å². The van der Waals surface area contributed by atoms with E-state index < -0.39 is 10.0 Å². The molecule has 0 saturated heterocycles. The van der Waals surface area contributed by atoms with Crippen LogP contribution in [0.15, 0.2) is 71.9 Å². The van der Waals surface area contributed by atoms with Gasteiger partial charge in [0.25, 0.3) is 10.0 Å². The molecule has 1 N–H and O–H groups in total. The Morgan fingerprint density at radius 1 is 1.00 bits per heavy atom. The van der Waals surface area contributed by atoms with E-state index in [2.05, 4.69) is 18.5 Å². The fraction of sp³-hybridized carbons (Fsp3) is 0. The molecule has 0 atom stereocenters. The van der Waals surface area contributed by atoms with Gasteiger partial charge in [0.05, 0.1) is 22.8 Å². The van der Waals surface area contributed by atoms with Gasteiger partial charge in [-0.05, 0) is 36.4 Å². The maximum atomic E-state index is 12.3. The molecule has 0 saturated carbocycles. The molecule has 0 spiro atoms. The van der Waals surface area contributed by atoms with Gasteiger partial charge >= 0.3 is 0 Å². The van der Waals surface area contributed by atoms with Crippen molar-refractivity contribution in [2.45, 2.75) is 4.90 Å². The Morgan fingerprint density at radius 2 is 1.81 bits per heavy atom. The van der Waals surface area contributed by atoms with Crippen molar-refractivity contribution >= 4 is 38.5 Å². The molecule has 0 aliphatic heterocycles. The first-order chi connectivity index (χ1) is 12.6. The lowest BCUT2D eigenvalue weighted by Gasteiger charge is -2.09. The third-order valence-corrected chi connectivity index (χ3v) is 5.41. The Hall–Kier alpha value is -3.04. The minimum atomic E-state index is -3.72. The first-order valence-electron chi connectivity index (χ1n) is 7.54. The number of rotatable bonds is 5. The van der Waals surface area contributed by atoms with E-state index >= 15 is 0 Å². The molecule has 0 aliphatic rings. The summed E-state index contributed by atoms with van der Waals surface area (Å²) in [5.74, 6) is 1.31. The van der Waals surface area contributed by atoms with Crippen LogP contribution in [0.3, 0.4) is 0 Å². The average molecular weight is 384 g/mol. The highest BCUT2D eigenvalue weighted by Gasteiger charge is 2.15. The lowest BCUT2D eigenvalue weighted by Crippen LogP contribution is -2.12. The van der Waals surface area contributed by atoms with Crippen LogP contribution in [0.4, 0.5) is 5.82 Å². The van der Waals surface area contributed by atoms with Gasteiger partial charge in [-0.2, -0.15) is 8.75 Å². The fourth-order valence-corrected chi connectivity index (χ4v) is 3.80. The standard InChI is InChI=1S/C17H12N4O3S2/c22-26(23,21-16-11-19-25-20-16)14-8-6-13(7-9-14)24-15-5-1-3-12-4-2-10-18-17(12)15/h1-11H,(H,20,21). The van der Waals surface area contributed by atoms with Crippen LogP contribution < -0.4 is 9.46 Å². The summed E-state index contributed by atoms with van der Waals surface area (Å²) in [4.78, 5) is 4.44. The molecule has 2 aromatic carbocycles. The third kappa shape index (κ3) is 3.35. The molecule has 4 aromatic rings. The van der Waals surface area contributed by atoms with Crippen LogP contribution in [-0.2, 0) is 10.0 Å². The summed E-state index contributed by atoms with van der Waals surface area (Å²) in [6.07, 6.45) is 3.05. The lowest BCUT2D eigenvalue weighted by molar-refractivity contribution is 0.486. The highest BCUT2D eigenvalue weighted by atomic mass is 32.2. The maximum absolute atomic E-state index is 12.3. The quantitative estimate of drug-likeness (QED) is 0.564. The van der Waals surface area contributed by atoms with Crippen molar-refractivity contribution in [2.75, 3.05) is 4.72 Å². The number of hydrogen-bond acceptors (Lipinski definition) is 7. The maximum Gasteiger partial charge on any atom is 0.263 e. The van der Waals surface area contributed by atoms with Crippen LogP contribution in [0.2, 0.25) is 0 Å². The number of fused-ring (bicyclic) bond motifs is 1. The largest absolute Gasteiger partial charge is 0.455 e. The Labute approximate surface area is 153 Å². The molecule has 130 valence electrons. The van der Waals surface area contributed by atoms with E-state index in [0.29, 0.717) is 11.5 Å².